The van der Waals surface area contributed by atoms with Crippen molar-refractivity contribution < 1.29 is 4.74 Å². The van der Waals surface area contributed by atoms with E-state index in [0.717, 1.165) is 19.1 Å². The van der Waals surface area contributed by atoms with Gasteiger partial charge in [0.25, 0.3) is 0 Å². The quantitative estimate of drug-likeness (QED) is 0.719. The van der Waals surface area contributed by atoms with Gasteiger partial charge in [0.2, 0.25) is 0 Å². The molecule has 0 aromatic rings. The zero-order valence-electron chi connectivity index (χ0n) is 12.2. The second kappa shape index (κ2) is 7.46. The Morgan fingerprint density at radius 1 is 1.28 bits per heavy atom. The number of likely N-dealkylation sites (N-methyl/N-ethyl adjacent to an activating group) is 1. The van der Waals surface area contributed by atoms with Gasteiger partial charge in [-0.15, -0.1) is 0 Å². The predicted octanol–water partition coefficient (Wildman–Crippen LogP) is 2.27. The van der Waals surface area contributed by atoms with Crippen LogP contribution in [0.2, 0.25) is 0 Å². The molecule has 3 heteroatoms. The van der Waals surface area contributed by atoms with Crippen LogP contribution in [0.1, 0.15) is 46.0 Å². The van der Waals surface area contributed by atoms with Gasteiger partial charge in [0.1, 0.15) is 0 Å². The highest BCUT2D eigenvalue weighted by Gasteiger charge is 2.22. The molecule has 1 aliphatic heterocycles. The van der Waals surface area contributed by atoms with Crippen LogP contribution in [-0.2, 0) is 4.74 Å². The van der Waals surface area contributed by atoms with Gasteiger partial charge in [0.15, 0.2) is 0 Å². The number of nitrogens with one attached hydrogen (secondary N) is 1. The van der Waals surface area contributed by atoms with Gasteiger partial charge >= 0.3 is 0 Å². The molecule has 0 aromatic carbocycles. The second-order valence-electron chi connectivity index (χ2n) is 5.98. The van der Waals surface area contributed by atoms with E-state index in [1.165, 1.54) is 51.7 Å². The molecule has 0 amide bonds. The number of ether oxygens (including phenoxy) is 1. The summed E-state index contributed by atoms with van der Waals surface area (Å²) in [6.45, 7) is 10.3. The molecule has 2 fully saturated rings. The molecule has 2 aliphatic rings. The third-order valence-electron chi connectivity index (χ3n) is 4.61. The van der Waals surface area contributed by atoms with Crippen LogP contribution in [0.3, 0.4) is 0 Å². The number of hydrogen-bond donors (Lipinski definition) is 1. The summed E-state index contributed by atoms with van der Waals surface area (Å²) in [6, 6.07) is 0.509. The molecule has 2 rings (SSSR count). The minimum atomic E-state index is 0.451. The summed E-state index contributed by atoms with van der Waals surface area (Å²) >= 11 is 0. The third kappa shape index (κ3) is 4.22. The van der Waals surface area contributed by atoms with Gasteiger partial charge < -0.3 is 15.0 Å². The predicted molar refractivity (Wildman–Crippen MR) is 75.9 cm³/mol. The van der Waals surface area contributed by atoms with Crippen LogP contribution in [0.25, 0.3) is 0 Å². The summed E-state index contributed by atoms with van der Waals surface area (Å²) in [5, 5.41) is 3.63. The maximum atomic E-state index is 5.71. The average molecular weight is 254 g/mol. The Labute approximate surface area is 112 Å². The number of nitrogens with zero attached hydrogens (tertiary/aromatic N) is 1. The van der Waals surface area contributed by atoms with E-state index in [1.54, 1.807) is 0 Å². The molecule has 106 valence electrons. The molecule has 1 N–H and O–H groups in total. The van der Waals surface area contributed by atoms with Crippen molar-refractivity contribution in [2.24, 2.45) is 5.92 Å². The van der Waals surface area contributed by atoms with Crippen molar-refractivity contribution in [1.29, 1.82) is 0 Å². The van der Waals surface area contributed by atoms with E-state index < -0.39 is 0 Å². The van der Waals surface area contributed by atoms with Gasteiger partial charge in [-0.25, -0.2) is 0 Å². The van der Waals surface area contributed by atoms with Crippen LogP contribution in [0.5, 0.6) is 0 Å². The molecule has 2 atom stereocenters. The summed E-state index contributed by atoms with van der Waals surface area (Å²) < 4.78 is 5.71. The van der Waals surface area contributed by atoms with E-state index in [4.69, 9.17) is 4.74 Å². The number of hydrogen-bond acceptors (Lipinski definition) is 3. The Kier molecular flexibility index (Phi) is 5.93. The van der Waals surface area contributed by atoms with Crippen molar-refractivity contribution in [3.63, 3.8) is 0 Å². The summed E-state index contributed by atoms with van der Waals surface area (Å²) in [5.41, 5.74) is 0. The van der Waals surface area contributed by atoms with Crippen LogP contribution < -0.4 is 5.32 Å². The first kappa shape index (κ1) is 14.3. The summed E-state index contributed by atoms with van der Waals surface area (Å²) in [5.74, 6) is 0.987. The van der Waals surface area contributed by atoms with Gasteiger partial charge in [-0.2, -0.15) is 0 Å². The van der Waals surface area contributed by atoms with Gasteiger partial charge in [-0.05, 0) is 45.1 Å². The zero-order chi connectivity index (χ0) is 12.8. The van der Waals surface area contributed by atoms with Gasteiger partial charge in [0.05, 0.1) is 6.10 Å². The molecular weight excluding hydrogens is 224 g/mol. The fourth-order valence-corrected chi connectivity index (χ4v) is 3.00. The maximum absolute atomic E-state index is 5.71. The lowest BCUT2D eigenvalue weighted by Crippen LogP contribution is -2.42. The molecule has 0 aromatic heterocycles. The van der Waals surface area contributed by atoms with Crippen molar-refractivity contribution in [3.8, 4) is 0 Å². The lowest BCUT2D eigenvalue weighted by molar-refractivity contribution is 0.0820. The minimum Gasteiger partial charge on any atom is -0.377 e. The zero-order valence-corrected chi connectivity index (χ0v) is 12.2. The Morgan fingerprint density at radius 2 is 2.11 bits per heavy atom. The summed E-state index contributed by atoms with van der Waals surface area (Å²) in [6.07, 6.45) is 7.28. The molecule has 1 aliphatic carbocycles. The van der Waals surface area contributed by atoms with E-state index in [2.05, 4.69) is 24.1 Å². The van der Waals surface area contributed by atoms with E-state index in [0.29, 0.717) is 12.1 Å². The molecule has 1 heterocycles. The van der Waals surface area contributed by atoms with Crippen LogP contribution in [0.4, 0.5) is 0 Å². The lowest BCUT2D eigenvalue weighted by Gasteiger charge is -2.32. The normalized spacial score (nSPS) is 26.5. The lowest BCUT2D eigenvalue weighted by atomic mass is 9.85. The molecule has 0 radical (unpaired) electrons. The molecular formula is C15H30N2O. The summed E-state index contributed by atoms with van der Waals surface area (Å²) in [7, 11) is 0. The summed E-state index contributed by atoms with van der Waals surface area (Å²) in [4.78, 5) is 2.60. The van der Waals surface area contributed by atoms with Crippen LogP contribution in [-0.4, -0.2) is 49.8 Å². The first-order valence-electron chi connectivity index (χ1n) is 7.87. The molecule has 18 heavy (non-hydrogen) atoms. The Hall–Kier alpha value is -0.120. The fraction of sp³-hybridized carbons (Fsp3) is 1.00. The molecule has 1 saturated carbocycles. The smallest absolute Gasteiger partial charge is 0.0726 e. The molecule has 0 spiro atoms. The standard InChI is InChI=1S/C15H30N2O/c1-3-17(12-14-6-4-7-14)10-9-16-13(2)15-8-5-11-18-15/h13-16H,3-12H2,1-2H3. The minimum absolute atomic E-state index is 0.451. The third-order valence-corrected chi connectivity index (χ3v) is 4.61. The average Bonchev–Trinajstić information content (AvgIpc) is 2.84. The number of rotatable bonds is 8. The Morgan fingerprint density at radius 3 is 2.67 bits per heavy atom. The van der Waals surface area contributed by atoms with Crippen molar-refractivity contribution in [1.82, 2.24) is 10.2 Å². The largest absolute Gasteiger partial charge is 0.377 e. The van der Waals surface area contributed by atoms with E-state index in [9.17, 15) is 0 Å². The maximum Gasteiger partial charge on any atom is 0.0726 e. The van der Waals surface area contributed by atoms with E-state index >= 15 is 0 Å². The van der Waals surface area contributed by atoms with Crippen molar-refractivity contribution in [2.75, 3.05) is 32.8 Å². The van der Waals surface area contributed by atoms with Gasteiger partial charge in [0, 0.05) is 32.3 Å². The highest BCUT2D eigenvalue weighted by Crippen LogP contribution is 2.26. The van der Waals surface area contributed by atoms with Crippen molar-refractivity contribution >= 4 is 0 Å². The van der Waals surface area contributed by atoms with E-state index in [-0.39, 0.29) is 0 Å². The second-order valence-corrected chi connectivity index (χ2v) is 5.98. The van der Waals surface area contributed by atoms with Crippen molar-refractivity contribution in [3.05, 3.63) is 0 Å². The molecule has 3 nitrogen and oxygen atoms in total. The fourth-order valence-electron chi connectivity index (χ4n) is 3.00. The molecule has 0 bridgehead atoms. The van der Waals surface area contributed by atoms with Crippen LogP contribution >= 0.6 is 0 Å². The van der Waals surface area contributed by atoms with Crippen molar-refractivity contribution in [2.45, 2.75) is 58.1 Å². The van der Waals surface area contributed by atoms with E-state index in [1.807, 2.05) is 0 Å². The Bertz CT molecular complexity index is 225. The Balaban J connectivity index is 1.57. The van der Waals surface area contributed by atoms with Gasteiger partial charge in [-0.1, -0.05) is 13.3 Å². The van der Waals surface area contributed by atoms with Crippen LogP contribution in [0, 0.1) is 5.92 Å². The first-order valence-corrected chi connectivity index (χ1v) is 7.87. The van der Waals surface area contributed by atoms with Gasteiger partial charge in [-0.3, -0.25) is 0 Å². The topological polar surface area (TPSA) is 24.5 Å². The molecule has 1 saturated heterocycles. The SMILES string of the molecule is CCN(CCNC(C)C1CCCO1)CC1CCC1. The van der Waals surface area contributed by atoms with Crippen LogP contribution in [0.15, 0.2) is 0 Å². The molecule has 2 unspecified atom stereocenters. The highest BCUT2D eigenvalue weighted by atomic mass is 16.5. The first-order chi connectivity index (χ1) is 8.79. The monoisotopic (exact) mass is 254 g/mol. The highest BCUT2D eigenvalue weighted by molar-refractivity contribution is 4.78.